The Morgan fingerprint density at radius 2 is 1.90 bits per heavy atom. The molecule has 0 unspecified atom stereocenters. The van der Waals surface area contributed by atoms with E-state index < -0.39 is 0 Å². The number of benzene rings is 2. The largest absolute Gasteiger partial charge is 0.421 e. The van der Waals surface area contributed by atoms with Crippen molar-refractivity contribution in [2.45, 2.75) is 19.4 Å². The Balaban J connectivity index is 2.04. The van der Waals surface area contributed by atoms with Crippen LogP contribution in [0.4, 0.5) is 11.7 Å². The summed E-state index contributed by atoms with van der Waals surface area (Å²) in [5.74, 6) is 0. The molecule has 29 heavy (non-hydrogen) atoms. The Morgan fingerprint density at radius 1 is 1.17 bits per heavy atom. The fourth-order valence-electron chi connectivity index (χ4n) is 4.19. The molecule has 150 valence electrons. The molecule has 1 aromatic heterocycles. The summed E-state index contributed by atoms with van der Waals surface area (Å²) in [6, 6.07) is 13.7. The summed E-state index contributed by atoms with van der Waals surface area (Å²) in [7, 11) is 8.06. The van der Waals surface area contributed by atoms with Crippen molar-refractivity contribution in [2.24, 2.45) is 0 Å². The smallest absolute Gasteiger partial charge is 0.297 e. The number of hydrogen-bond donors (Lipinski definition) is 0. The van der Waals surface area contributed by atoms with Gasteiger partial charge in [0.15, 0.2) is 5.58 Å². The van der Waals surface area contributed by atoms with Gasteiger partial charge in [0.1, 0.15) is 11.6 Å². The summed E-state index contributed by atoms with van der Waals surface area (Å²) in [5.41, 5.74) is 6.10. The number of rotatable bonds is 4. The van der Waals surface area contributed by atoms with Gasteiger partial charge in [-0.05, 0) is 38.6 Å². The van der Waals surface area contributed by atoms with Crippen molar-refractivity contribution in [3.8, 4) is 17.2 Å². The van der Waals surface area contributed by atoms with E-state index in [2.05, 4.69) is 47.1 Å². The maximum Gasteiger partial charge on any atom is 0.297 e. The molecule has 1 aliphatic heterocycles. The number of likely N-dealkylation sites (N-methyl/N-ethyl adjacent to an activating group) is 1. The molecule has 0 N–H and O–H groups in total. The Labute approximate surface area is 171 Å². The summed E-state index contributed by atoms with van der Waals surface area (Å²) in [6.45, 7) is 3.89. The van der Waals surface area contributed by atoms with E-state index in [9.17, 15) is 5.26 Å². The average molecular weight is 390 g/mol. The van der Waals surface area contributed by atoms with Crippen LogP contribution < -0.4 is 9.80 Å². The Morgan fingerprint density at radius 3 is 2.48 bits per heavy atom. The zero-order valence-electron chi connectivity index (χ0n) is 17.7. The van der Waals surface area contributed by atoms with Crippen molar-refractivity contribution in [1.82, 2.24) is 9.88 Å². The molecule has 0 spiro atoms. The second kappa shape index (κ2) is 7.41. The molecule has 1 saturated heterocycles. The number of nitrogens with zero attached hydrogens (tertiary/aromatic N) is 5. The normalized spacial score (nSPS) is 16.6. The zero-order chi connectivity index (χ0) is 20.7. The van der Waals surface area contributed by atoms with Gasteiger partial charge in [0, 0.05) is 38.8 Å². The molecule has 1 atom stereocenters. The lowest BCUT2D eigenvalue weighted by molar-refractivity contribution is 0.315. The van der Waals surface area contributed by atoms with Gasteiger partial charge in [0.25, 0.3) is 6.01 Å². The molecule has 1 aliphatic rings. The van der Waals surface area contributed by atoms with E-state index in [0.717, 1.165) is 41.9 Å². The molecule has 2 aromatic carbocycles. The molecular weight excluding hydrogens is 362 g/mol. The van der Waals surface area contributed by atoms with Crippen molar-refractivity contribution >= 4 is 22.8 Å². The molecule has 3 aromatic rings. The van der Waals surface area contributed by atoms with E-state index in [1.165, 1.54) is 0 Å². The Bertz CT molecular complexity index is 1080. The van der Waals surface area contributed by atoms with Crippen LogP contribution in [0.3, 0.4) is 0 Å². The van der Waals surface area contributed by atoms with Crippen LogP contribution in [0.15, 0.2) is 34.7 Å². The van der Waals surface area contributed by atoms with Gasteiger partial charge < -0.3 is 19.1 Å². The molecule has 1 fully saturated rings. The monoisotopic (exact) mass is 389 g/mol. The van der Waals surface area contributed by atoms with Crippen LogP contribution >= 0.6 is 0 Å². The standard InChI is InChI=1S/C23H27N5O/c1-15-18(13-24)20-22(29-23(25-20)27(4)5)21(19(15)16-9-7-6-8-10-16)28-12-11-17(14-28)26(2)3/h6-10,17H,11-12,14H2,1-5H3/t17-/m0/s1. The average Bonchev–Trinajstić information content (AvgIpc) is 3.35. The molecule has 6 nitrogen and oxygen atoms in total. The van der Waals surface area contributed by atoms with Gasteiger partial charge in [-0.2, -0.15) is 10.2 Å². The third-order valence-corrected chi connectivity index (χ3v) is 5.82. The lowest BCUT2D eigenvalue weighted by Gasteiger charge is -2.25. The first-order valence-electron chi connectivity index (χ1n) is 9.93. The minimum atomic E-state index is 0.487. The van der Waals surface area contributed by atoms with E-state index in [0.29, 0.717) is 28.7 Å². The minimum absolute atomic E-state index is 0.487. The molecule has 0 saturated carbocycles. The number of oxazole rings is 1. The molecule has 6 heteroatoms. The summed E-state index contributed by atoms with van der Waals surface area (Å²) >= 11 is 0. The first kappa shape index (κ1) is 19.3. The quantitative estimate of drug-likeness (QED) is 0.675. The topological polar surface area (TPSA) is 59.5 Å². The molecule has 0 bridgehead atoms. The molecule has 0 amide bonds. The predicted molar refractivity (Wildman–Crippen MR) is 118 cm³/mol. The molecule has 4 rings (SSSR count). The zero-order valence-corrected chi connectivity index (χ0v) is 17.7. The minimum Gasteiger partial charge on any atom is -0.421 e. The number of hydrogen-bond acceptors (Lipinski definition) is 6. The second-order valence-corrected chi connectivity index (χ2v) is 8.12. The van der Waals surface area contributed by atoms with Crippen molar-refractivity contribution in [2.75, 3.05) is 51.1 Å². The third-order valence-electron chi connectivity index (χ3n) is 5.82. The van der Waals surface area contributed by atoms with Crippen molar-refractivity contribution in [1.29, 1.82) is 5.26 Å². The fourth-order valence-corrected chi connectivity index (χ4v) is 4.19. The molecule has 0 radical (unpaired) electrons. The highest BCUT2D eigenvalue weighted by Crippen LogP contribution is 2.44. The third kappa shape index (κ3) is 3.22. The van der Waals surface area contributed by atoms with Gasteiger partial charge in [-0.1, -0.05) is 30.3 Å². The maximum absolute atomic E-state index is 9.94. The van der Waals surface area contributed by atoms with Crippen LogP contribution in [0.2, 0.25) is 0 Å². The lowest BCUT2D eigenvalue weighted by Crippen LogP contribution is -2.31. The number of fused-ring (bicyclic) bond motifs is 1. The SMILES string of the molecule is Cc1c(-c2ccccc2)c(N2CC[C@H](N(C)C)C2)c2oc(N(C)C)nc2c1C#N. The van der Waals surface area contributed by atoms with E-state index in [4.69, 9.17) is 4.42 Å². The van der Waals surface area contributed by atoms with Crippen molar-refractivity contribution in [3.63, 3.8) is 0 Å². The second-order valence-electron chi connectivity index (χ2n) is 8.12. The van der Waals surface area contributed by atoms with Gasteiger partial charge >= 0.3 is 0 Å². The highest BCUT2D eigenvalue weighted by molar-refractivity contribution is 6.02. The van der Waals surface area contributed by atoms with Crippen LogP contribution in [0, 0.1) is 18.3 Å². The highest BCUT2D eigenvalue weighted by Gasteiger charge is 2.31. The van der Waals surface area contributed by atoms with E-state index in [-0.39, 0.29) is 0 Å². The van der Waals surface area contributed by atoms with Crippen LogP contribution in [0.25, 0.3) is 22.2 Å². The maximum atomic E-state index is 9.94. The van der Waals surface area contributed by atoms with Crippen molar-refractivity contribution in [3.05, 3.63) is 41.5 Å². The number of nitriles is 1. The fraction of sp³-hybridized carbons (Fsp3) is 0.391. The van der Waals surface area contributed by atoms with Gasteiger partial charge in [0.05, 0.1) is 11.3 Å². The predicted octanol–water partition coefficient (Wildman–Crippen LogP) is 3.88. The number of aromatic nitrogens is 1. The molecular formula is C23H27N5O. The van der Waals surface area contributed by atoms with Gasteiger partial charge in [-0.25, -0.2) is 0 Å². The highest BCUT2D eigenvalue weighted by atomic mass is 16.4. The van der Waals surface area contributed by atoms with E-state index in [1.54, 1.807) is 0 Å². The molecule has 0 aliphatic carbocycles. The Kier molecular flexibility index (Phi) is 4.93. The van der Waals surface area contributed by atoms with Gasteiger partial charge in [-0.3, -0.25) is 0 Å². The van der Waals surface area contributed by atoms with Gasteiger partial charge in [-0.15, -0.1) is 0 Å². The summed E-state index contributed by atoms with van der Waals surface area (Å²) in [6.07, 6.45) is 1.09. The van der Waals surface area contributed by atoms with Crippen LogP contribution in [-0.2, 0) is 0 Å². The number of anilines is 2. The first-order valence-corrected chi connectivity index (χ1v) is 9.93. The van der Waals surface area contributed by atoms with E-state index >= 15 is 0 Å². The van der Waals surface area contributed by atoms with Gasteiger partial charge in [0.2, 0.25) is 0 Å². The van der Waals surface area contributed by atoms with Crippen LogP contribution in [0.1, 0.15) is 17.5 Å². The lowest BCUT2D eigenvalue weighted by atomic mass is 9.93. The van der Waals surface area contributed by atoms with Crippen LogP contribution in [0.5, 0.6) is 0 Å². The summed E-state index contributed by atoms with van der Waals surface area (Å²) < 4.78 is 6.24. The summed E-state index contributed by atoms with van der Waals surface area (Å²) in [5, 5.41) is 9.94. The van der Waals surface area contributed by atoms with E-state index in [1.807, 2.05) is 44.1 Å². The first-order chi connectivity index (χ1) is 13.9. The Hall–Kier alpha value is -3.04. The summed E-state index contributed by atoms with van der Waals surface area (Å²) in [4.78, 5) is 11.2. The molecule has 2 heterocycles. The van der Waals surface area contributed by atoms with Crippen LogP contribution in [-0.4, -0.2) is 57.2 Å². The van der Waals surface area contributed by atoms with Crippen molar-refractivity contribution < 1.29 is 4.42 Å².